The Kier molecular flexibility index (Phi) is 7.45. The molecule has 12 heteroatoms. The second-order valence-corrected chi connectivity index (χ2v) is 7.41. The van der Waals surface area contributed by atoms with Crippen molar-refractivity contribution in [2.75, 3.05) is 16.8 Å². The number of carbonyl (C=O) groups is 1. The molecule has 2 rings (SSSR count). The largest absolute Gasteiger partial charge is 0.443 e. The van der Waals surface area contributed by atoms with Crippen molar-refractivity contribution in [3.8, 4) is 11.8 Å². The molecule has 1 heterocycles. The summed E-state index contributed by atoms with van der Waals surface area (Å²) in [5.74, 6) is -0.112. The highest BCUT2D eigenvalue weighted by molar-refractivity contribution is 5.89. The number of alkyl halides is 5. The van der Waals surface area contributed by atoms with Gasteiger partial charge in [0.1, 0.15) is 24.0 Å². The van der Waals surface area contributed by atoms with Crippen LogP contribution in [0.5, 0.6) is 5.75 Å². The fraction of sp³-hybridized carbons (Fsp3) is 0.350. The summed E-state index contributed by atoms with van der Waals surface area (Å²) in [4.78, 5) is 16.6. The van der Waals surface area contributed by atoms with E-state index in [0.29, 0.717) is 10.6 Å². The fourth-order valence-electron chi connectivity index (χ4n) is 2.42. The van der Waals surface area contributed by atoms with Crippen LogP contribution in [0.4, 0.5) is 43.8 Å². The molecule has 0 saturated carbocycles. The number of carbonyl (C=O) groups excluding carboxylic acids is 1. The third-order valence-electron chi connectivity index (χ3n) is 3.60. The fourth-order valence-corrected chi connectivity index (χ4v) is 2.42. The van der Waals surface area contributed by atoms with Crippen molar-refractivity contribution >= 4 is 23.2 Å². The molecule has 0 aliphatic heterocycles. The molecule has 0 spiro atoms. The van der Waals surface area contributed by atoms with Gasteiger partial charge in [-0.15, -0.1) is 0 Å². The van der Waals surface area contributed by atoms with E-state index in [1.807, 2.05) is 0 Å². The van der Waals surface area contributed by atoms with Gasteiger partial charge in [0.25, 0.3) is 0 Å². The first-order valence-electron chi connectivity index (χ1n) is 9.07. The zero-order valence-corrected chi connectivity index (χ0v) is 17.2. The van der Waals surface area contributed by atoms with E-state index in [0.717, 1.165) is 12.3 Å². The van der Waals surface area contributed by atoms with Crippen LogP contribution in [0.2, 0.25) is 0 Å². The van der Waals surface area contributed by atoms with Gasteiger partial charge in [0.15, 0.2) is 5.69 Å². The Balaban J connectivity index is 2.38. The Morgan fingerprint density at radius 3 is 2.34 bits per heavy atom. The van der Waals surface area contributed by atoms with Gasteiger partial charge in [-0.2, -0.15) is 27.2 Å². The van der Waals surface area contributed by atoms with Crippen LogP contribution in [0, 0.1) is 11.3 Å². The zero-order chi connectivity index (χ0) is 24.1. The maximum Gasteiger partial charge on any atom is 0.415 e. The lowest BCUT2D eigenvalue weighted by Crippen LogP contribution is -2.42. The van der Waals surface area contributed by atoms with Gasteiger partial charge in [-0.05, 0) is 51.1 Å². The summed E-state index contributed by atoms with van der Waals surface area (Å²) in [5.41, 5.74) is -1.19. The standard InChI is InChI=1S/C20H19F5N4O3/c1-19(2,3)32-18(30)29(11-20(23,24)25)13-8-15(16(9-26)27-10-13)28-12-4-6-14(7-5-12)31-17(21)22/h4-8,10,17,28H,11H2,1-3H3. The first-order valence-corrected chi connectivity index (χ1v) is 9.07. The van der Waals surface area contributed by atoms with Crippen LogP contribution in [-0.2, 0) is 4.74 Å². The molecule has 1 N–H and O–H groups in total. The van der Waals surface area contributed by atoms with Crippen molar-refractivity contribution in [2.45, 2.75) is 39.2 Å². The number of aromatic nitrogens is 1. The molecular formula is C20H19F5N4O3. The van der Waals surface area contributed by atoms with Gasteiger partial charge in [0.05, 0.1) is 17.6 Å². The highest BCUT2D eigenvalue weighted by atomic mass is 19.4. The minimum absolute atomic E-state index is 0.0109. The van der Waals surface area contributed by atoms with Crippen molar-refractivity contribution in [3.63, 3.8) is 0 Å². The van der Waals surface area contributed by atoms with Gasteiger partial charge in [-0.3, -0.25) is 4.90 Å². The minimum Gasteiger partial charge on any atom is -0.443 e. The van der Waals surface area contributed by atoms with E-state index in [1.54, 1.807) is 6.07 Å². The predicted octanol–water partition coefficient (Wildman–Crippen LogP) is 5.60. The summed E-state index contributed by atoms with van der Waals surface area (Å²) in [7, 11) is 0. The van der Waals surface area contributed by atoms with E-state index in [-0.39, 0.29) is 22.8 Å². The first kappa shape index (κ1) is 24.6. The van der Waals surface area contributed by atoms with Crippen LogP contribution in [0.3, 0.4) is 0 Å². The molecule has 2 aromatic rings. The number of nitriles is 1. The van der Waals surface area contributed by atoms with E-state index in [1.165, 1.54) is 45.0 Å². The van der Waals surface area contributed by atoms with Gasteiger partial charge in [-0.25, -0.2) is 9.78 Å². The van der Waals surface area contributed by atoms with Crippen LogP contribution < -0.4 is 15.0 Å². The molecule has 0 atom stereocenters. The van der Waals surface area contributed by atoms with E-state index in [9.17, 15) is 32.0 Å². The molecule has 172 valence electrons. The molecule has 1 amide bonds. The molecule has 0 aliphatic carbocycles. The highest BCUT2D eigenvalue weighted by Crippen LogP contribution is 2.29. The lowest BCUT2D eigenvalue weighted by atomic mass is 10.2. The molecule has 0 radical (unpaired) electrons. The number of anilines is 3. The van der Waals surface area contributed by atoms with Crippen LogP contribution in [0.15, 0.2) is 36.5 Å². The number of amides is 1. The van der Waals surface area contributed by atoms with Gasteiger partial charge in [-0.1, -0.05) is 0 Å². The van der Waals surface area contributed by atoms with Crippen LogP contribution in [-0.4, -0.2) is 36.0 Å². The summed E-state index contributed by atoms with van der Waals surface area (Å²) in [6.45, 7) is -0.145. The number of benzene rings is 1. The van der Waals surface area contributed by atoms with Crippen LogP contribution in [0.1, 0.15) is 26.5 Å². The van der Waals surface area contributed by atoms with Crippen molar-refractivity contribution in [3.05, 3.63) is 42.2 Å². The Labute approximate surface area is 180 Å². The third-order valence-corrected chi connectivity index (χ3v) is 3.60. The molecule has 0 aliphatic rings. The summed E-state index contributed by atoms with van der Waals surface area (Å²) >= 11 is 0. The Morgan fingerprint density at radius 2 is 1.84 bits per heavy atom. The number of pyridine rings is 1. The normalized spacial score (nSPS) is 11.6. The number of nitrogens with zero attached hydrogens (tertiary/aromatic N) is 3. The quantitative estimate of drug-likeness (QED) is 0.567. The second kappa shape index (κ2) is 9.67. The first-order chi connectivity index (χ1) is 14.8. The summed E-state index contributed by atoms with van der Waals surface area (Å²) < 4.78 is 73.1. The van der Waals surface area contributed by atoms with Crippen molar-refractivity contribution in [2.24, 2.45) is 0 Å². The predicted molar refractivity (Wildman–Crippen MR) is 105 cm³/mol. The number of rotatable bonds is 6. The van der Waals surface area contributed by atoms with E-state index < -0.39 is 31.0 Å². The van der Waals surface area contributed by atoms with Gasteiger partial charge >= 0.3 is 18.9 Å². The van der Waals surface area contributed by atoms with Crippen molar-refractivity contribution in [1.29, 1.82) is 5.26 Å². The van der Waals surface area contributed by atoms with Crippen molar-refractivity contribution < 1.29 is 36.2 Å². The van der Waals surface area contributed by atoms with E-state index >= 15 is 0 Å². The molecule has 0 fully saturated rings. The SMILES string of the molecule is CC(C)(C)OC(=O)N(CC(F)(F)F)c1cnc(C#N)c(Nc2ccc(OC(F)F)cc2)c1. The number of hydrogen-bond acceptors (Lipinski definition) is 6. The second-order valence-electron chi connectivity index (χ2n) is 7.41. The molecule has 0 bridgehead atoms. The average Bonchev–Trinajstić information content (AvgIpc) is 2.65. The van der Waals surface area contributed by atoms with Gasteiger partial charge in [0.2, 0.25) is 0 Å². The number of ether oxygens (including phenoxy) is 2. The Morgan fingerprint density at radius 1 is 1.22 bits per heavy atom. The number of halogens is 5. The van der Waals surface area contributed by atoms with Crippen LogP contribution in [0.25, 0.3) is 0 Å². The molecule has 7 nitrogen and oxygen atoms in total. The molecule has 0 unspecified atom stereocenters. The van der Waals surface area contributed by atoms with Gasteiger partial charge in [0, 0.05) is 5.69 Å². The van der Waals surface area contributed by atoms with Crippen molar-refractivity contribution in [1.82, 2.24) is 4.98 Å². The third kappa shape index (κ3) is 7.57. The smallest absolute Gasteiger partial charge is 0.415 e. The maximum atomic E-state index is 13.1. The Bertz CT molecular complexity index is 983. The molecular weight excluding hydrogens is 439 g/mol. The zero-order valence-electron chi connectivity index (χ0n) is 17.2. The highest BCUT2D eigenvalue weighted by Gasteiger charge is 2.36. The lowest BCUT2D eigenvalue weighted by molar-refractivity contribution is -0.119. The van der Waals surface area contributed by atoms with Crippen LogP contribution >= 0.6 is 0 Å². The summed E-state index contributed by atoms with van der Waals surface area (Å²) in [6.07, 6.45) is -5.04. The summed E-state index contributed by atoms with van der Waals surface area (Å²) in [5, 5.41) is 12.0. The summed E-state index contributed by atoms with van der Waals surface area (Å²) in [6, 6.07) is 8.08. The molecule has 32 heavy (non-hydrogen) atoms. The Hall–Kier alpha value is -3.62. The average molecular weight is 458 g/mol. The van der Waals surface area contributed by atoms with E-state index in [4.69, 9.17) is 4.74 Å². The van der Waals surface area contributed by atoms with Gasteiger partial charge < -0.3 is 14.8 Å². The maximum absolute atomic E-state index is 13.1. The number of nitrogens with one attached hydrogen (secondary N) is 1. The molecule has 1 aromatic heterocycles. The molecule has 0 saturated heterocycles. The monoisotopic (exact) mass is 458 g/mol. The minimum atomic E-state index is -4.74. The lowest BCUT2D eigenvalue weighted by Gasteiger charge is -2.28. The topological polar surface area (TPSA) is 87.5 Å². The molecule has 1 aromatic carbocycles. The number of hydrogen-bond donors (Lipinski definition) is 1. The van der Waals surface area contributed by atoms with E-state index in [2.05, 4.69) is 15.0 Å².